The minimum absolute atomic E-state index is 0.539. The lowest BCUT2D eigenvalue weighted by molar-refractivity contribution is 0.650. The van der Waals surface area contributed by atoms with Crippen molar-refractivity contribution < 1.29 is 22.1 Å². The molecule has 696 valence electrons. The fraction of sp³-hybridized carbons (Fsp3) is 0. The minimum atomic E-state index is 0.539. The maximum absolute atomic E-state index is 6.59. The van der Waals surface area contributed by atoms with Gasteiger partial charge in [0.15, 0.2) is 0 Å². The summed E-state index contributed by atoms with van der Waals surface area (Å²) in [5.41, 5.74) is 19.3. The Morgan fingerprint density at radius 3 is 0.900 bits per heavy atom. The lowest BCUT2D eigenvalue weighted by Gasteiger charge is -2.12. The molecule has 0 aliphatic heterocycles. The molecule has 14 nitrogen and oxygen atoms in total. The number of thiophene rings is 4. The number of rotatable bonds is 6. The Bertz CT molecular complexity index is 11900. The molecule has 36 rings (SSSR count). The number of fused-ring (bicyclic) bond motifs is 48. The number of furan rings is 5. The van der Waals surface area contributed by atoms with Crippen molar-refractivity contribution in [2.45, 2.75) is 0 Å². The highest BCUT2D eigenvalue weighted by atomic mass is 32.1. The molecule has 21 aromatic carbocycles. The quantitative estimate of drug-likeness (QED) is 0.156. The summed E-state index contributed by atoms with van der Waals surface area (Å²) in [6, 6.07) is 147. The number of benzene rings is 21. The van der Waals surface area contributed by atoms with Gasteiger partial charge in [-0.1, -0.05) is 322 Å². The zero-order valence-electron chi connectivity index (χ0n) is 79.0. The molecular weight excluding hydrogens is 1920 g/mol. The fourth-order valence-corrected chi connectivity index (χ4v) is 29.5. The summed E-state index contributed by atoms with van der Waals surface area (Å²) in [6.45, 7) is 0. The average Bonchev–Trinajstić information content (AvgIpc) is 1.53. The van der Waals surface area contributed by atoms with Crippen molar-refractivity contribution in [1.82, 2.24) is 43.6 Å². The van der Waals surface area contributed by atoms with Gasteiger partial charge in [-0.15, -0.1) is 45.3 Å². The first-order chi connectivity index (χ1) is 74.4. The first-order valence-corrected chi connectivity index (χ1v) is 53.3. The summed E-state index contributed by atoms with van der Waals surface area (Å²) in [5.74, 6) is 1.72. The van der Waals surface area contributed by atoms with E-state index in [1.165, 1.54) is 135 Å². The highest BCUT2D eigenvalue weighted by Crippen LogP contribution is 2.56. The first kappa shape index (κ1) is 82.2. The number of para-hydroxylation sites is 9. The largest absolute Gasteiger partial charge is 0.456 e. The standard InChI is InChI=1S/2C44H23N3O2S.C44H23N3OS2/c1-2-14-26-25(13-1)36-30-17-6-10-23-35(30)50-42(36)38-28-15-3-7-20-32(28)47(40(26)38)44-45-39(37-29-16-5-9-22-34(29)49-43(37)46-44)31-19-11-18-27-24-12-4-8-21-33(24)48-41(27)31;1-2-13-27-26(12-1)37-30-16-6-10-20-36(30)50-42(37)39-28-14-3-7-17-32(28)47(41(27)39)44-45-40(38-29-15-5-9-19-34(29)49-43(38)46-44)24-21-22-35-31(23-24)25-11-4-8-18-33(25)48-35;1-2-14-26-25(13-1)36-30-17-6-10-23-35(30)50-42(36)38-28-15-3-7-20-32(28)47(40(26)38)44-45-39(37-29-16-4-8-21-33(29)48-43(37)46-44)31-19-11-18-27-24-12-5-9-22-34(24)49-41(27)31/h3*1-23H. The van der Waals surface area contributed by atoms with Crippen molar-refractivity contribution in [3.63, 3.8) is 0 Å². The molecule has 36 aromatic rings. The van der Waals surface area contributed by atoms with Crippen LogP contribution in [0.1, 0.15) is 0 Å². The van der Waals surface area contributed by atoms with Crippen molar-refractivity contribution in [2.75, 3.05) is 0 Å². The second-order valence-electron chi connectivity index (χ2n) is 38.6. The van der Waals surface area contributed by atoms with E-state index in [1.54, 1.807) is 0 Å². The van der Waals surface area contributed by atoms with E-state index >= 15 is 0 Å². The Labute approximate surface area is 862 Å². The van der Waals surface area contributed by atoms with Crippen molar-refractivity contribution in [1.29, 1.82) is 0 Å². The monoisotopic (exact) mass is 1990 g/mol. The Hall–Kier alpha value is -19.1. The topological polar surface area (TPSA) is 158 Å². The molecule has 0 fully saturated rings. The number of hydrogen-bond acceptors (Lipinski definition) is 15. The van der Waals surface area contributed by atoms with Gasteiger partial charge in [0, 0.05) is 184 Å². The van der Waals surface area contributed by atoms with Crippen LogP contribution < -0.4 is 0 Å². The lowest BCUT2D eigenvalue weighted by Crippen LogP contribution is -2.03. The Balaban J connectivity index is 0.0000000957. The van der Waals surface area contributed by atoms with Gasteiger partial charge in [0.1, 0.15) is 39.1 Å². The summed E-state index contributed by atoms with van der Waals surface area (Å²) in [5, 5.41) is 34.5. The van der Waals surface area contributed by atoms with Gasteiger partial charge in [0.2, 0.25) is 35.0 Å². The van der Waals surface area contributed by atoms with Gasteiger partial charge in [0.05, 0.1) is 66.3 Å². The van der Waals surface area contributed by atoms with Gasteiger partial charge in [-0.05, 0) is 113 Å². The molecule has 0 spiro atoms. The van der Waals surface area contributed by atoms with Crippen molar-refractivity contribution in [3.05, 3.63) is 419 Å². The molecule has 18 heteroatoms. The van der Waals surface area contributed by atoms with Crippen LogP contribution in [0.25, 0.3) is 340 Å². The van der Waals surface area contributed by atoms with Gasteiger partial charge in [-0.3, -0.25) is 13.7 Å². The van der Waals surface area contributed by atoms with E-state index in [0.717, 1.165) is 171 Å². The van der Waals surface area contributed by atoms with E-state index in [0.29, 0.717) is 35.0 Å². The van der Waals surface area contributed by atoms with Crippen LogP contribution in [0.3, 0.4) is 0 Å². The van der Waals surface area contributed by atoms with E-state index in [2.05, 4.69) is 353 Å². The SMILES string of the molecule is c1ccc2c(c1)oc1c(-c3nc(-n4c5ccccc5c5c6sc7ccccc7c6c6ccccc6c54)nc4oc5ccccc5c34)cccc12.c1ccc2c(c1)oc1ccc(-c3nc(-n4c5ccccc5c5c6sc7ccccc7c6c6ccccc6c54)nc4oc5ccccc5c34)cc12.c1ccc2c(c1)oc1nc(-n3c4ccccc4c4c5sc6ccccc6c5c5ccccc5c43)nc(-c3cccc4c3sc3ccccc34)c12. The van der Waals surface area contributed by atoms with Crippen molar-refractivity contribution in [2.24, 2.45) is 0 Å². The summed E-state index contributed by atoms with van der Waals surface area (Å²) in [4.78, 5) is 32.4. The molecule has 0 atom stereocenters. The van der Waals surface area contributed by atoms with Crippen molar-refractivity contribution >= 4 is 334 Å². The maximum atomic E-state index is 6.59. The van der Waals surface area contributed by atoms with Crippen LogP contribution in [0, 0.1) is 0 Å². The maximum Gasteiger partial charge on any atom is 0.238 e. The Morgan fingerprint density at radius 2 is 0.467 bits per heavy atom. The van der Waals surface area contributed by atoms with E-state index in [-0.39, 0.29) is 0 Å². The summed E-state index contributed by atoms with van der Waals surface area (Å²) >= 11 is 7.39. The third kappa shape index (κ3) is 11.6. The van der Waals surface area contributed by atoms with Crippen LogP contribution >= 0.6 is 45.3 Å². The third-order valence-corrected chi connectivity index (χ3v) is 35.5. The molecule has 0 saturated heterocycles. The van der Waals surface area contributed by atoms with E-state index < -0.39 is 0 Å². The molecule has 0 saturated carbocycles. The number of aromatic nitrogens is 9. The molecule has 0 amide bonds. The number of hydrogen-bond donors (Lipinski definition) is 0. The lowest BCUT2D eigenvalue weighted by atomic mass is 10.00. The number of nitrogens with zero attached hydrogens (tertiary/aromatic N) is 9. The van der Waals surface area contributed by atoms with E-state index in [1.807, 2.05) is 124 Å². The first-order valence-electron chi connectivity index (χ1n) is 50.0. The average molecular weight is 1990 g/mol. The van der Waals surface area contributed by atoms with Crippen LogP contribution in [-0.2, 0) is 0 Å². The summed E-state index contributed by atoms with van der Waals surface area (Å²) < 4.78 is 49.4. The molecule has 0 aliphatic carbocycles. The Morgan fingerprint density at radius 1 is 0.173 bits per heavy atom. The zero-order valence-corrected chi connectivity index (χ0v) is 82.3. The molecule has 15 aromatic heterocycles. The van der Waals surface area contributed by atoms with Gasteiger partial charge >= 0.3 is 0 Å². The van der Waals surface area contributed by atoms with Gasteiger partial charge < -0.3 is 22.1 Å². The van der Waals surface area contributed by atoms with Crippen LogP contribution in [0.4, 0.5) is 0 Å². The molecular formula is C132H69N9O5S4. The van der Waals surface area contributed by atoms with Crippen LogP contribution in [0.15, 0.2) is 441 Å². The predicted octanol–water partition coefficient (Wildman–Crippen LogP) is 38.2. The highest BCUT2D eigenvalue weighted by molar-refractivity contribution is 7.28. The second kappa shape index (κ2) is 31.2. The highest BCUT2D eigenvalue weighted by Gasteiger charge is 2.33. The fourth-order valence-electron chi connectivity index (χ4n) is 24.5. The van der Waals surface area contributed by atoms with E-state index in [4.69, 9.17) is 52.0 Å². The molecule has 0 unspecified atom stereocenters. The summed E-state index contributed by atoms with van der Waals surface area (Å²) in [6.07, 6.45) is 0. The molecule has 0 bridgehead atoms. The molecule has 15 heterocycles. The molecule has 0 radical (unpaired) electrons. The Kier molecular flexibility index (Phi) is 17.1. The summed E-state index contributed by atoms with van der Waals surface area (Å²) in [7, 11) is 0. The van der Waals surface area contributed by atoms with Crippen LogP contribution in [0.5, 0.6) is 0 Å². The van der Waals surface area contributed by atoms with Gasteiger partial charge in [0.25, 0.3) is 0 Å². The molecule has 0 N–H and O–H groups in total. The smallest absolute Gasteiger partial charge is 0.238 e. The minimum Gasteiger partial charge on any atom is -0.456 e. The van der Waals surface area contributed by atoms with Crippen LogP contribution in [-0.4, -0.2) is 43.6 Å². The second-order valence-corrected chi connectivity index (χ2v) is 42.8. The van der Waals surface area contributed by atoms with Gasteiger partial charge in [-0.25, -0.2) is 15.0 Å². The van der Waals surface area contributed by atoms with Crippen molar-refractivity contribution in [3.8, 4) is 51.6 Å². The van der Waals surface area contributed by atoms with Crippen LogP contribution in [0.2, 0.25) is 0 Å². The third-order valence-electron chi connectivity index (χ3n) is 30.7. The zero-order chi connectivity index (χ0) is 97.5. The van der Waals surface area contributed by atoms with Gasteiger partial charge in [-0.2, -0.15) is 15.0 Å². The molecule has 0 aliphatic rings. The van der Waals surface area contributed by atoms with E-state index in [9.17, 15) is 0 Å². The molecule has 150 heavy (non-hydrogen) atoms. The predicted molar refractivity (Wildman–Crippen MR) is 626 cm³/mol. The normalized spacial score (nSPS) is 12.4.